The minimum Gasteiger partial charge on any atom is -0.506 e. The fourth-order valence-corrected chi connectivity index (χ4v) is 1.45. The van der Waals surface area contributed by atoms with Crippen molar-refractivity contribution in [3.8, 4) is 5.75 Å². The number of aromatic hydroxyl groups is 1. The molecule has 0 saturated heterocycles. The maximum absolute atomic E-state index is 9.33. The number of hydrogen-bond acceptors (Lipinski definition) is 2. The predicted octanol–water partition coefficient (Wildman–Crippen LogP) is 2.78. The summed E-state index contributed by atoms with van der Waals surface area (Å²) in [6, 6.07) is 8.76. The van der Waals surface area contributed by atoms with Crippen LogP contribution in [-0.2, 0) is 0 Å². The van der Waals surface area contributed by atoms with Crippen LogP contribution in [0.25, 0.3) is 10.8 Å². The van der Waals surface area contributed by atoms with Crippen LogP contribution in [0.1, 0.15) is 0 Å². The molecule has 0 aromatic heterocycles. The summed E-state index contributed by atoms with van der Waals surface area (Å²) < 4.78 is 0. The number of nitrogen functional groups attached to an aromatic ring is 1. The Morgan fingerprint density at radius 2 is 1.85 bits per heavy atom. The van der Waals surface area contributed by atoms with E-state index in [0.717, 1.165) is 10.8 Å². The quantitative estimate of drug-likeness (QED) is 0.499. The molecule has 0 amide bonds. The van der Waals surface area contributed by atoms with E-state index in [1.165, 1.54) is 0 Å². The fraction of sp³-hybridized carbons (Fsp3) is 0. The molecule has 3 heteroatoms. The van der Waals surface area contributed by atoms with E-state index in [4.69, 9.17) is 17.3 Å². The molecule has 0 aliphatic heterocycles. The second kappa shape index (κ2) is 2.82. The molecule has 2 aromatic carbocycles. The van der Waals surface area contributed by atoms with Gasteiger partial charge < -0.3 is 10.8 Å². The molecule has 2 aromatic rings. The maximum Gasteiger partial charge on any atom is 0.139 e. The molecule has 0 atom stereocenters. The standard InChI is InChI=1S/C10H8ClNO/c11-8-2-1-6-5-10(13)9(12)4-7(6)3-8/h1-5,13H,12H2. The van der Waals surface area contributed by atoms with Crippen molar-refractivity contribution in [1.29, 1.82) is 0 Å². The molecule has 0 spiro atoms. The van der Waals surface area contributed by atoms with Crippen molar-refractivity contribution >= 4 is 28.1 Å². The molecule has 3 N–H and O–H groups in total. The fourth-order valence-electron chi connectivity index (χ4n) is 1.27. The van der Waals surface area contributed by atoms with Crippen LogP contribution in [0.4, 0.5) is 5.69 Å². The number of hydrogen-bond donors (Lipinski definition) is 2. The number of fused-ring (bicyclic) bond motifs is 1. The lowest BCUT2D eigenvalue weighted by Gasteiger charge is -2.02. The Hall–Kier alpha value is -1.41. The minimum atomic E-state index is 0.106. The largest absolute Gasteiger partial charge is 0.506 e. The van der Waals surface area contributed by atoms with Gasteiger partial charge in [0.1, 0.15) is 5.75 Å². The second-order valence-electron chi connectivity index (χ2n) is 2.90. The zero-order chi connectivity index (χ0) is 9.42. The topological polar surface area (TPSA) is 46.2 Å². The van der Waals surface area contributed by atoms with Gasteiger partial charge in [-0.25, -0.2) is 0 Å². The van der Waals surface area contributed by atoms with Crippen LogP contribution in [0.15, 0.2) is 30.3 Å². The van der Waals surface area contributed by atoms with Gasteiger partial charge in [-0.1, -0.05) is 17.7 Å². The van der Waals surface area contributed by atoms with Crippen molar-refractivity contribution in [1.82, 2.24) is 0 Å². The first-order valence-corrected chi connectivity index (χ1v) is 4.22. The molecule has 0 aliphatic carbocycles. The zero-order valence-corrected chi connectivity index (χ0v) is 7.55. The van der Waals surface area contributed by atoms with Crippen molar-refractivity contribution in [2.24, 2.45) is 0 Å². The monoisotopic (exact) mass is 193 g/mol. The van der Waals surface area contributed by atoms with E-state index >= 15 is 0 Å². The Morgan fingerprint density at radius 3 is 2.62 bits per heavy atom. The highest BCUT2D eigenvalue weighted by Crippen LogP contribution is 2.28. The Balaban J connectivity index is 2.81. The zero-order valence-electron chi connectivity index (χ0n) is 6.79. The van der Waals surface area contributed by atoms with Gasteiger partial charge in [-0.2, -0.15) is 0 Å². The van der Waals surface area contributed by atoms with Gasteiger partial charge in [0.05, 0.1) is 5.69 Å². The molecule has 0 saturated carbocycles. The first kappa shape index (κ1) is 8.20. The van der Waals surface area contributed by atoms with Crippen molar-refractivity contribution < 1.29 is 5.11 Å². The summed E-state index contributed by atoms with van der Waals surface area (Å²) in [7, 11) is 0. The second-order valence-corrected chi connectivity index (χ2v) is 3.34. The van der Waals surface area contributed by atoms with Gasteiger partial charge in [0, 0.05) is 5.02 Å². The molecule has 0 unspecified atom stereocenters. The third-order valence-corrected chi connectivity index (χ3v) is 2.18. The lowest BCUT2D eigenvalue weighted by atomic mass is 10.1. The smallest absolute Gasteiger partial charge is 0.139 e. The number of phenolic OH excluding ortho intramolecular Hbond substituents is 1. The third-order valence-electron chi connectivity index (χ3n) is 1.95. The lowest BCUT2D eigenvalue weighted by molar-refractivity contribution is 0.479. The van der Waals surface area contributed by atoms with Gasteiger partial charge in [-0.3, -0.25) is 0 Å². The van der Waals surface area contributed by atoms with Crippen LogP contribution >= 0.6 is 11.6 Å². The Morgan fingerprint density at radius 1 is 1.08 bits per heavy atom. The van der Waals surface area contributed by atoms with Gasteiger partial charge in [0.15, 0.2) is 0 Å². The van der Waals surface area contributed by atoms with E-state index in [0.29, 0.717) is 10.7 Å². The summed E-state index contributed by atoms with van der Waals surface area (Å²) in [5.41, 5.74) is 5.91. The van der Waals surface area contributed by atoms with E-state index in [2.05, 4.69) is 0 Å². The first-order valence-electron chi connectivity index (χ1n) is 3.84. The average molecular weight is 194 g/mol. The van der Waals surface area contributed by atoms with Crippen LogP contribution in [0, 0.1) is 0 Å². The molecule has 0 aliphatic rings. The van der Waals surface area contributed by atoms with Crippen LogP contribution in [0.2, 0.25) is 5.02 Å². The molecular formula is C10H8ClNO. The Labute approximate surface area is 80.6 Å². The normalized spacial score (nSPS) is 10.5. The van der Waals surface area contributed by atoms with Crippen LogP contribution < -0.4 is 5.73 Å². The van der Waals surface area contributed by atoms with Crippen LogP contribution in [0.5, 0.6) is 5.75 Å². The Bertz CT molecular complexity index is 468. The Kier molecular flexibility index (Phi) is 1.78. The van der Waals surface area contributed by atoms with Crippen molar-refractivity contribution in [3.05, 3.63) is 35.4 Å². The van der Waals surface area contributed by atoms with Gasteiger partial charge in [-0.15, -0.1) is 0 Å². The molecule has 0 radical (unpaired) electrons. The summed E-state index contributed by atoms with van der Waals surface area (Å²) in [6.07, 6.45) is 0. The molecule has 0 bridgehead atoms. The van der Waals surface area contributed by atoms with Gasteiger partial charge >= 0.3 is 0 Å². The molecule has 0 fully saturated rings. The van der Waals surface area contributed by atoms with Crippen molar-refractivity contribution in [2.45, 2.75) is 0 Å². The van der Waals surface area contributed by atoms with Crippen LogP contribution in [-0.4, -0.2) is 5.11 Å². The van der Waals surface area contributed by atoms with Crippen LogP contribution in [0.3, 0.4) is 0 Å². The number of halogens is 1. The van der Waals surface area contributed by atoms with Crippen molar-refractivity contribution in [3.63, 3.8) is 0 Å². The molecule has 66 valence electrons. The highest BCUT2D eigenvalue weighted by atomic mass is 35.5. The molecule has 0 heterocycles. The summed E-state index contributed by atoms with van der Waals surface area (Å²) in [5.74, 6) is 0.106. The highest BCUT2D eigenvalue weighted by molar-refractivity contribution is 6.31. The summed E-state index contributed by atoms with van der Waals surface area (Å²) >= 11 is 5.81. The van der Waals surface area contributed by atoms with Gasteiger partial charge in [-0.05, 0) is 35.0 Å². The summed E-state index contributed by atoms with van der Waals surface area (Å²) in [4.78, 5) is 0. The van der Waals surface area contributed by atoms with E-state index in [1.54, 1.807) is 18.2 Å². The highest BCUT2D eigenvalue weighted by Gasteiger charge is 2.00. The molecular weight excluding hydrogens is 186 g/mol. The average Bonchev–Trinajstić information content (AvgIpc) is 2.08. The van der Waals surface area contributed by atoms with E-state index in [9.17, 15) is 5.11 Å². The molecule has 2 rings (SSSR count). The predicted molar refractivity (Wildman–Crippen MR) is 55.0 cm³/mol. The molecule has 13 heavy (non-hydrogen) atoms. The molecule has 2 nitrogen and oxygen atoms in total. The van der Waals surface area contributed by atoms with Crippen molar-refractivity contribution in [2.75, 3.05) is 5.73 Å². The summed E-state index contributed by atoms with van der Waals surface area (Å²) in [5, 5.41) is 11.9. The number of phenols is 1. The van der Waals surface area contributed by atoms with E-state index in [1.807, 2.05) is 12.1 Å². The van der Waals surface area contributed by atoms with Gasteiger partial charge in [0.25, 0.3) is 0 Å². The lowest BCUT2D eigenvalue weighted by Crippen LogP contribution is -1.85. The third kappa shape index (κ3) is 1.40. The maximum atomic E-state index is 9.33. The number of nitrogens with two attached hydrogens (primary N) is 1. The van der Waals surface area contributed by atoms with Gasteiger partial charge in [0.2, 0.25) is 0 Å². The van der Waals surface area contributed by atoms with E-state index in [-0.39, 0.29) is 5.75 Å². The first-order chi connectivity index (χ1) is 6.16. The number of anilines is 1. The SMILES string of the molecule is Nc1cc2cc(Cl)ccc2cc1O. The summed E-state index contributed by atoms with van der Waals surface area (Å²) in [6.45, 7) is 0. The number of benzene rings is 2. The van der Waals surface area contributed by atoms with E-state index < -0.39 is 0 Å². The number of rotatable bonds is 0. The minimum absolute atomic E-state index is 0.106.